The highest BCUT2D eigenvalue weighted by Gasteiger charge is 2.53. The van der Waals surface area contributed by atoms with Gasteiger partial charge in [-0.25, -0.2) is 0 Å². The number of ether oxygens (including phenoxy) is 2. The standard InChI is InChI=1S/C12H21NO4/c1-9(2)5-4-6-13-10(14)12(7-17-8-12)11(15)16-3/h9H,4-8H2,1-3H3,(H,13,14). The number of nitrogens with one attached hydrogen (secondary N) is 1. The minimum absolute atomic E-state index is 0.121. The van der Waals surface area contributed by atoms with Crippen molar-refractivity contribution in [2.75, 3.05) is 26.9 Å². The Morgan fingerprint density at radius 2 is 2.06 bits per heavy atom. The maximum absolute atomic E-state index is 11.9. The van der Waals surface area contributed by atoms with E-state index in [9.17, 15) is 9.59 Å². The van der Waals surface area contributed by atoms with Crippen LogP contribution in [0.1, 0.15) is 26.7 Å². The lowest BCUT2D eigenvalue weighted by atomic mass is 9.85. The Bertz CT molecular complexity index is 284. The van der Waals surface area contributed by atoms with Gasteiger partial charge in [-0.3, -0.25) is 9.59 Å². The maximum Gasteiger partial charge on any atom is 0.326 e. The summed E-state index contributed by atoms with van der Waals surface area (Å²) in [5, 5.41) is 2.78. The number of carbonyl (C=O) groups excluding carboxylic acids is 2. The average Bonchev–Trinajstić information content (AvgIpc) is 2.22. The number of hydrogen-bond acceptors (Lipinski definition) is 4. The predicted molar refractivity (Wildman–Crippen MR) is 62.3 cm³/mol. The first-order chi connectivity index (χ1) is 8.03. The van der Waals surface area contributed by atoms with E-state index in [0.717, 1.165) is 12.8 Å². The van der Waals surface area contributed by atoms with Crippen LogP contribution in [0.15, 0.2) is 0 Å². The van der Waals surface area contributed by atoms with Crippen molar-refractivity contribution in [3.05, 3.63) is 0 Å². The number of esters is 1. The van der Waals surface area contributed by atoms with Crippen molar-refractivity contribution in [2.45, 2.75) is 26.7 Å². The van der Waals surface area contributed by atoms with Gasteiger partial charge in [0, 0.05) is 6.54 Å². The van der Waals surface area contributed by atoms with Crippen LogP contribution < -0.4 is 5.32 Å². The molecule has 0 radical (unpaired) electrons. The van der Waals surface area contributed by atoms with E-state index in [0.29, 0.717) is 12.5 Å². The third-order valence-corrected chi connectivity index (χ3v) is 2.95. The molecule has 0 spiro atoms. The minimum atomic E-state index is -1.10. The molecule has 1 heterocycles. The molecule has 0 aromatic rings. The molecule has 1 amide bonds. The summed E-state index contributed by atoms with van der Waals surface area (Å²) in [6.45, 7) is 5.11. The third kappa shape index (κ3) is 3.19. The molecule has 0 aliphatic carbocycles. The second-order valence-corrected chi connectivity index (χ2v) is 4.86. The zero-order valence-corrected chi connectivity index (χ0v) is 10.7. The van der Waals surface area contributed by atoms with Gasteiger partial charge >= 0.3 is 5.97 Å². The van der Waals surface area contributed by atoms with Gasteiger partial charge in [0.25, 0.3) is 0 Å². The zero-order chi connectivity index (χ0) is 12.9. The summed E-state index contributed by atoms with van der Waals surface area (Å²) in [5.74, 6) is -0.169. The highest BCUT2D eigenvalue weighted by atomic mass is 16.5. The number of amides is 1. The summed E-state index contributed by atoms with van der Waals surface area (Å²) in [6.07, 6.45) is 1.98. The van der Waals surface area contributed by atoms with E-state index in [1.54, 1.807) is 0 Å². The summed E-state index contributed by atoms with van der Waals surface area (Å²) in [5.41, 5.74) is -1.10. The zero-order valence-electron chi connectivity index (χ0n) is 10.7. The lowest BCUT2D eigenvalue weighted by Gasteiger charge is -2.36. The Balaban J connectivity index is 2.37. The molecule has 5 nitrogen and oxygen atoms in total. The van der Waals surface area contributed by atoms with Crippen molar-refractivity contribution in [1.29, 1.82) is 0 Å². The molecule has 1 N–H and O–H groups in total. The van der Waals surface area contributed by atoms with Gasteiger partial charge in [-0.1, -0.05) is 13.8 Å². The molecule has 5 heteroatoms. The Morgan fingerprint density at radius 1 is 1.41 bits per heavy atom. The second kappa shape index (κ2) is 6.00. The number of hydrogen-bond donors (Lipinski definition) is 1. The fraction of sp³-hybridized carbons (Fsp3) is 0.833. The van der Waals surface area contributed by atoms with Crippen LogP contribution in [0.2, 0.25) is 0 Å². The largest absolute Gasteiger partial charge is 0.468 e. The molecule has 1 aliphatic rings. The summed E-state index contributed by atoms with van der Waals surface area (Å²) < 4.78 is 9.61. The lowest BCUT2D eigenvalue weighted by molar-refractivity contribution is -0.188. The molecule has 17 heavy (non-hydrogen) atoms. The van der Waals surface area contributed by atoms with Crippen molar-refractivity contribution in [3.8, 4) is 0 Å². The fourth-order valence-electron chi connectivity index (χ4n) is 1.72. The van der Waals surface area contributed by atoms with Gasteiger partial charge in [0.05, 0.1) is 20.3 Å². The van der Waals surface area contributed by atoms with Crippen LogP contribution in [0.5, 0.6) is 0 Å². The van der Waals surface area contributed by atoms with Crippen LogP contribution in [0, 0.1) is 11.3 Å². The van der Waals surface area contributed by atoms with Crippen molar-refractivity contribution < 1.29 is 19.1 Å². The van der Waals surface area contributed by atoms with Crippen molar-refractivity contribution in [2.24, 2.45) is 11.3 Å². The van der Waals surface area contributed by atoms with Crippen molar-refractivity contribution in [3.63, 3.8) is 0 Å². The monoisotopic (exact) mass is 243 g/mol. The Labute approximate surface area is 102 Å². The van der Waals surface area contributed by atoms with Crippen LogP contribution in [0.4, 0.5) is 0 Å². The normalized spacial score (nSPS) is 17.4. The molecule has 0 bridgehead atoms. The van der Waals surface area contributed by atoms with E-state index in [1.165, 1.54) is 7.11 Å². The molecule has 1 rings (SSSR count). The van der Waals surface area contributed by atoms with Gasteiger partial charge in [0.2, 0.25) is 5.91 Å². The van der Waals surface area contributed by atoms with E-state index in [4.69, 9.17) is 4.74 Å². The molecular weight excluding hydrogens is 222 g/mol. The van der Waals surface area contributed by atoms with E-state index < -0.39 is 11.4 Å². The molecule has 0 unspecified atom stereocenters. The Kier molecular flexibility index (Phi) is 4.93. The first-order valence-corrected chi connectivity index (χ1v) is 5.97. The second-order valence-electron chi connectivity index (χ2n) is 4.86. The first kappa shape index (κ1) is 14.0. The molecule has 0 aromatic heterocycles. The number of rotatable bonds is 6. The highest BCUT2D eigenvalue weighted by Crippen LogP contribution is 2.29. The average molecular weight is 243 g/mol. The van der Waals surface area contributed by atoms with Crippen molar-refractivity contribution >= 4 is 11.9 Å². The minimum Gasteiger partial charge on any atom is -0.468 e. The van der Waals surface area contributed by atoms with E-state index in [2.05, 4.69) is 23.9 Å². The summed E-state index contributed by atoms with van der Waals surface area (Å²) >= 11 is 0. The first-order valence-electron chi connectivity index (χ1n) is 5.97. The topological polar surface area (TPSA) is 64.6 Å². The van der Waals surface area contributed by atoms with Crippen molar-refractivity contribution in [1.82, 2.24) is 5.32 Å². The molecule has 1 aliphatic heterocycles. The molecule has 0 saturated carbocycles. The summed E-state index contributed by atoms with van der Waals surface area (Å²) in [4.78, 5) is 23.4. The van der Waals surface area contributed by atoms with Gasteiger partial charge in [0.1, 0.15) is 0 Å². The van der Waals surface area contributed by atoms with E-state index in [1.807, 2.05) is 0 Å². The molecule has 1 fully saturated rings. The number of methoxy groups -OCH3 is 1. The van der Waals surface area contributed by atoms with E-state index in [-0.39, 0.29) is 19.1 Å². The SMILES string of the molecule is COC(=O)C1(C(=O)NCCCC(C)C)COC1. The van der Waals surface area contributed by atoms with Crippen LogP contribution in [-0.2, 0) is 19.1 Å². The smallest absolute Gasteiger partial charge is 0.326 e. The van der Waals surface area contributed by atoms with Gasteiger partial charge in [0.15, 0.2) is 5.41 Å². The fourth-order valence-corrected chi connectivity index (χ4v) is 1.72. The maximum atomic E-state index is 11.9. The van der Waals surface area contributed by atoms with E-state index >= 15 is 0 Å². The quantitative estimate of drug-likeness (QED) is 0.424. The molecule has 98 valence electrons. The van der Waals surface area contributed by atoms with Crippen LogP contribution in [0.25, 0.3) is 0 Å². The Morgan fingerprint density at radius 3 is 2.47 bits per heavy atom. The third-order valence-electron chi connectivity index (χ3n) is 2.95. The van der Waals surface area contributed by atoms with Crippen LogP contribution in [0.3, 0.4) is 0 Å². The van der Waals surface area contributed by atoms with Crippen LogP contribution >= 0.6 is 0 Å². The van der Waals surface area contributed by atoms with Crippen LogP contribution in [-0.4, -0.2) is 38.7 Å². The molecular formula is C12H21NO4. The van der Waals surface area contributed by atoms with Gasteiger partial charge in [-0.05, 0) is 18.8 Å². The lowest BCUT2D eigenvalue weighted by Crippen LogP contribution is -2.59. The molecule has 0 atom stereocenters. The Hall–Kier alpha value is -1.10. The number of carbonyl (C=O) groups is 2. The van der Waals surface area contributed by atoms with Gasteiger partial charge in [-0.2, -0.15) is 0 Å². The summed E-state index contributed by atoms with van der Waals surface area (Å²) in [7, 11) is 1.29. The predicted octanol–water partition coefficient (Wildman–Crippen LogP) is 0.728. The molecule has 1 saturated heterocycles. The van der Waals surface area contributed by atoms with Gasteiger partial charge < -0.3 is 14.8 Å². The molecule has 0 aromatic carbocycles. The highest BCUT2D eigenvalue weighted by molar-refractivity contribution is 6.03. The van der Waals surface area contributed by atoms with Gasteiger partial charge in [-0.15, -0.1) is 0 Å². The summed E-state index contributed by atoms with van der Waals surface area (Å²) in [6, 6.07) is 0.